The molecule has 100 valence electrons. The van der Waals surface area contributed by atoms with Gasteiger partial charge in [0.15, 0.2) is 0 Å². The van der Waals surface area contributed by atoms with Crippen molar-refractivity contribution in [3.05, 3.63) is 38.6 Å². The molecule has 1 aliphatic carbocycles. The van der Waals surface area contributed by atoms with E-state index in [-0.39, 0.29) is 12.0 Å². The summed E-state index contributed by atoms with van der Waals surface area (Å²) in [6, 6.07) is 8.25. The first kappa shape index (κ1) is 13.3. The van der Waals surface area contributed by atoms with Gasteiger partial charge in [0.05, 0.1) is 12.3 Å². The third kappa shape index (κ3) is 2.26. The summed E-state index contributed by atoms with van der Waals surface area (Å²) in [4.78, 5) is 6.05. The Morgan fingerprint density at radius 2 is 2.00 bits per heavy atom. The molecule has 1 aromatic heterocycles. The zero-order chi connectivity index (χ0) is 13.5. The zero-order valence-electron chi connectivity index (χ0n) is 10.8. The fraction of sp³-hybridized carbons (Fsp3) is 0.400. The van der Waals surface area contributed by atoms with Crippen LogP contribution >= 0.6 is 27.3 Å². The van der Waals surface area contributed by atoms with Gasteiger partial charge in [0.1, 0.15) is 5.01 Å². The van der Waals surface area contributed by atoms with Crippen LogP contribution in [-0.2, 0) is 5.41 Å². The van der Waals surface area contributed by atoms with Gasteiger partial charge in [0.2, 0.25) is 0 Å². The molecule has 1 aliphatic rings. The van der Waals surface area contributed by atoms with Crippen molar-refractivity contribution in [1.29, 1.82) is 0 Å². The molecular weight excluding hydrogens is 322 g/mol. The summed E-state index contributed by atoms with van der Waals surface area (Å²) >= 11 is 5.19. The van der Waals surface area contributed by atoms with Crippen molar-refractivity contribution in [1.82, 2.24) is 4.98 Å². The minimum absolute atomic E-state index is 0.0525. The van der Waals surface area contributed by atoms with E-state index in [4.69, 9.17) is 4.98 Å². The van der Waals surface area contributed by atoms with Crippen molar-refractivity contribution >= 4 is 27.3 Å². The molecule has 19 heavy (non-hydrogen) atoms. The molecule has 0 spiro atoms. The quantitative estimate of drug-likeness (QED) is 0.905. The van der Waals surface area contributed by atoms with Gasteiger partial charge in [-0.1, -0.05) is 34.5 Å². The predicted molar refractivity (Wildman–Crippen MR) is 82.6 cm³/mol. The molecule has 0 unspecified atom stereocenters. The highest BCUT2D eigenvalue weighted by Crippen LogP contribution is 2.46. The summed E-state index contributed by atoms with van der Waals surface area (Å²) in [7, 11) is 0. The van der Waals surface area contributed by atoms with Crippen LogP contribution in [-0.4, -0.2) is 16.7 Å². The summed E-state index contributed by atoms with van der Waals surface area (Å²) in [6.45, 7) is 2.34. The summed E-state index contributed by atoms with van der Waals surface area (Å²) in [5, 5.41) is 10.8. The first-order valence-corrected chi connectivity index (χ1v) is 8.10. The van der Waals surface area contributed by atoms with Gasteiger partial charge in [-0.2, -0.15) is 0 Å². The zero-order valence-corrected chi connectivity index (χ0v) is 13.2. The molecule has 1 saturated carbocycles. The largest absolute Gasteiger partial charge is 0.395 e. The van der Waals surface area contributed by atoms with Crippen LogP contribution in [0.3, 0.4) is 0 Å². The van der Waals surface area contributed by atoms with Gasteiger partial charge in [0.25, 0.3) is 0 Å². The van der Waals surface area contributed by atoms with Crippen molar-refractivity contribution in [2.24, 2.45) is 0 Å². The van der Waals surface area contributed by atoms with Gasteiger partial charge >= 0.3 is 0 Å². The maximum absolute atomic E-state index is 9.66. The van der Waals surface area contributed by atoms with Gasteiger partial charge in [-0.3, -0.25) is 0 Å². The highest BCUT2D eigenvalue weighted by atomic mass is 79.9. The summed E-state index contributed by atoms with van der Waals surface area (Å²) < 4.78 is 1.08. The first-order valence-electron chi connectivity index (χ1n) is 6.49. The molecule has 0 saturated heterocycles. The Hall–Kier alpha value is -0.710. The molecule has 0 bridgehead atoms. The van der Waals surface area contributed by atoms with E-state index in [9.17, 15) is 5.11 Å². The molecule has 1 N–H and O–H groups in total. The SMILES string of the molecule is Cc1sc(C2(CO)CCC2)nc1-c1ccc(Br)cc1. The van der Waals surface area contributed by atoms with Crippen molar-refractivity contribution in [3.63, 3.8) is 0 Å². The van der Waals surface area contributed by atoms with Crippen LogP contribution in [0.4, 0.5) is 0 Å². The highest BCUT2D eigenvalue weighted by molar-refractivity contribution is 9.10. The number of halogens is 1. The fourth-order valence-corrected chi connectivity index (χ4v) is 3.98. The number of hydrogen-bond donors (Lipinski definition) is 1. The number of nitrogens with zero attached hydrogens (tertiary/aromatic N) is 1. The topological polar surface area (TPSA) is 33.1 Å². The number of aliphatic hydroxyl groups is 1. The van der Waals surface area contributed by atoms with E-state index in [2.05, 4.69) is 35.0 Å². The molecule has 0 radical (unpaired) electrons. The van der Waals surface area contributed by atoms with E-state index >= 15 is 0 Å². The number of thiazole rings is 1. The summed E-state index contributed by atoms with van der Waals surface area (Å²) in [5.74, 6) is 0. The van der Waals surface area contributed by atoms with Crippen LogP contribution in [0, 0.1) is 6.92 Å². The lowest BCUT2D eigenvalue weighted by atomic mass is 9.70. The molecule has 1 heterocycles. The molecule has 0 aliphatic heterocycles. The lowest BCUT2D eigenvalue weighted by Crippen LogP contribution is -2.37. The van der Waals surface area contributed by atoms with E-state index in [0.29, 0.717) is 0 Å². The van der Waals surface area contributed by atoms with E-state index in [1.807, 2.05) is 12.1 Å². The molecule has 2 aromatic rings. The van der Waals surface area contributed by atoms with Crippen molar-refractivity contribution < 1.29 is 5.11 Å². The molecule has 2 nitrogen and oxygen atoms in total. The third-order valence-corrected chi connectivity index (χ3v) is 5.73. The fourth-order valence-electron chi connectivity index (χ4n) is 2.54. The second-order valence-electron chi connectivity index (χ2n) is 5.22. The van der Waals surface area contributed by atoms with E-state index in [0.717, 1.165) is 33.6 Å². The monoisotopic (exact) mass is 337 g/mol. The minimum Gasteiger partial charge on any atom is -0.395 e. The third-order valence-electron chi connectivity index (χ3n) is 3.98. The van der Waals surface area contributed by atoms with Crippen LogP contribution in [0.5, 0.6) is 0 Å². The predicted octanol–water partition coefficient (Wildman–Crippen LogP) is 4.30. The number of benzene rings is 1. The van der Waals surface area contributed by atoms with Crippen LogP contribution < -0.4 is 0 Å². The summed E-state index contributed by atoms with van der Waals surface area (Å²) in [6.07, 6.45) is 3.33. The van der Waals surface area contributed by atoms with Crippen molar-refractivity contribution in [2.45, 2.75) is 31.6 Å². The maximum atomic E-state index is 9.66. The molecule has 0 amide bonds. The van der Waals surface area contributed by atoms with Crippen LogP contribution in [0.25, 0.3) is 11.3 Å². The Balaban J connectivity index is 2.00. The molecular formula is C15H16BrNOS. The average molecular weight is 338 g/mol. The highest BCUT2D eigenvalue weighted by Gasteiger charge is 2.41. The number of rotatable bonds is 3. The first-order chi connectivity index (χ1) is 9.14. The maximum Gasteiger partial charge on any atom is 0.102 e. The van der Waals surface area contributed by atoms with E-state index in [1.54, 1.807) is 11.3 Å². The van der Waals surface area contributed by atoms with Gasteiger partial charge in [0, 0.05) is 20.3 Å². The van der Waals surface area contributed by atoms with E-state index < -0.39 is 0 Å². The smallest absolute Gasteiger partial charge is 0.102 e. The van der Waals surface area contributed by atoms with Crippen LogP contribution in [0.15, 0.2) is 28.7 Å². The number of aromatic nitrogens is 1. The Kier molecular flexibility index (Phi) is 3.50. The minimum atomic E-state index is -0.0525. The van der Waals surface area contributed by atoms with Crippen molar-refractivity contribution in [2.75, 3.05) is 6.61 Å². The van der Waals surface area contributed by atoms with Gasteiger partial charge in [-0.25, -0.2) is 4.98 Å². The number of aliphatic hydroxyl groups excluding tert-OH is 1. The van der Waals surface area contributed by atoms with Crippen LogP contribution in [0.1, 0.15) is 29.1 Å². The van der Waals surface area contributed by atoms with Gasteiger partial charge in [-0.15, -0.1) is 11.3 Å². The molecule has 0 atom stereocenters. The molecule has 1 aromatic carbocycles. The van der Waals surface area contributed by atoms with Crippen molar-refractivity contribution in [3.8, 4) is 11.3 Å². The number of aryl methyl sites for hydroxylation is 1. The van der Waals surface area contributed by atoms with Crippen LogP contribution in [0.2, 0.25) is 0 Å². The Morgan fingerprint density at radius 3 is 2.53 bits per heavy atom. The summed E-state index contributed by atoms with van der Waals surface area (Å²) in [5.41, 5.74) is 2.16. The molecule has 4 heteroatoms. The standard InChI is InChI=1S/C15H16BrNOS/c1-10-13(11-3-5-12(16)6-4-11)17-14(19-10)15(9-18)7-2-8-15/h3-6,18H,2,7-9H2,1H3. The lowest BCUT2D eigenvalue weighted by molar-refractivity contribution is 0.120. The van der Waals surface area contributed by atoms with E-state index in [1.165, 1.54) is 11.3 Å². The Morgan fingerprint density at radius 1 is 1.32 bits per heavy atom. The molecule has 1 fully saturated rings. The van der Waals surface area contributed by atoms with Gasteiger partial charge in [-0.05, 0) is 31.9 Å². The number of hydrogen-bond acceptors (Lipinski definition) is 3. The lowest BCUT2D eigenvalue weighted by Gasteiger charge is -2.38. The molecule has 3 rings (SSSR count). The Labute approximate surface area is 125 Å². The van der Waals surface area contributed by atoms with Gasteiger partial charge < -0.3 is 5.11 Å². The second kappa shape index (κ2) is 5.00. The normalized spacial score (nSPS) is 17.2. The average Bonchev–Trinajstić information content (AvgIpc) is 2.72. The Bertz CT molecular complexity index is 581. The second-order valence-corrected chi connectivity index (χ2v) is 7.34.